The summed E-state index contributed by atoms with van der Waals surface area (Å²) in [6.07, 6.45) is 4.94. The molecule has 1 aliphatic heterocycles. The van der Waals surface area contributed by atoms with Gasteiger partial charge in [-0.3, -0.25) is 9.88 Å². The van der Waals surface area contributed by atoms with Gasteiger partial charge in [0.25, 0.3) is 0 Å². The minimum absolute atomic E-state index is 0.0186. The van der Waals surface area contributed by atoms with E-state index in [4.69, 9.17) is 0 Å². The maximum Gasteiger partial charge on any atom is 0.0535 e. The zero-order valence-electron chi connectivity index (χ0n) is 12.6. The van der Waals surface area contributed by atoms with Gasteiger partial charge in [-0.05, 0) is 49.7 Å². The Morgan fingerprint density at radius 3 is 2.67 bits per heavy atom. The highest BCUT2D eigenvalue weighted by molar-refractivity contribution is 5.24. The van der Waals surface area contributed by atoms with Crippen molar-refractivity contribution in [2.75, 3.05) is 19.6 Å². The van der Waals surface area contributed by atoms with Crippen LogP contribution in [0, 0.1) is 0 Å². The van der Waals surface area contributed by atoms with Gasteiger partial charge in [-0.25, -0.2) is 0 Å². The molecule has 1 fully saturated rings. The van der Waals surface area contributed by atoms with Gasteiger partial charge in [0, 0.05) is 25.5 Å². The number of rotatable bonds is 3. The first kappa shape index (κ1) is 14.2. The average Bonchev–Trinajstić information content (AvgIpc) is 2.72. The Hall–Kier alpha value is -1.71. The SMILES string of the molecule is CC1(c2ccccc2)CN(Cc2ccncc2)CCCN1. The van der Waals surface area contributed by atoms with Crippen molar-refractivity contribution in [3.05, 3.63) is 66.0 Å². The molecule has 110 valence electrons. The van der Waals surface area contributed by atoms with Crippen LogP contribution in [-0.2, 0) is 12.1 Å². The van der Waals surface area contributed by atoms with Crippen LogP contribution in [0.15, 0.2) is 54.9 Å². The van der Waals surface area contributed by atoms with E-state index < -0.39 is 0 Å². The zero-order chi connectivity index (χ0) is 14.5. The van der Waals surface area contributed by atoms with E-state index in [0.29, 0.717) is 0 Å². The quantitative estimate of drug-likeness (QED) is 0.937. The van der Waals surface area contributed by atoms with Crippen LogP contribution in [0.2, 0.25) is 0 Å². The first-order valence-electron chi connectivity index (χ1n) is 7.68. The lowest BCUT2D eigenvalue weighted by atomic mass is 9.91. The molecule has 1 aliphatic rings. The molecule has 3 nitrogen and oxygen atoms in total. The van der Waals surface area contributed by atoms with Crippen molar-refractivity contribution >= 4 is 0 Å². The molecular formula is C18H23N3. The van der Waals surface area contributed by atoms with Crippen LogP contribution in [0.4, 0.5) is 0 Å². The summed E-state index contributed by atoms with van der Waals surface area (Å²) in [5.74, 6) is 0. The molecule has 21 heavy (non-hydrogen) atoms. The van der Waals surface area contributed by atoms with Crippen LogP contribution < -0.4 is 5.32 Å². The Balaban J connectivity index is 1.77. The number of nitrogens with one attached hydrogen (secondary N) is 1. The highest BCUT2D eigenvalue weighted by Gasteiger charge is 2.30. The van der Waals surface area contributed by atoms with E-state index in [1.165, 1.54) is 17.5 Å². The fourth-order valence-electron chi connectivity index (χ4n) is 3.13. The molecule has 1 atom stereocenters. The molecule has 2 heterocycles. The predicted molar refractivity (Wildman–Crippen MR) is 85.9 cm³/mol. The molecule has 0 radical (unpaired) electrons. The van der Waals surface area contributed by atoms with E-state index >= 15 is 0 Å². The Bertz CT molecular complexity index is 555. The molecule has 0 amide bonds. The number of benzene rings is 1. The second kappa shape index (κ2) is 6.37. The topological polar surface area (TPSA) is 28.2 Å². The second-order valence-corrected chi connectivity index (χ2v) is 6.04. The molecule has 2 aromatic rings. The molecule has 1 saturated heterocycles. The summed E-state index contributed by atoms with van der Waals surface area (Å²) in [4.78, 5) is 6.65. The first-order valence-corrected chi connectivity index (χ1v) is 7.68. The third-order valence-electron chi connectivity index (χ3n) is 4.27. The van der Waals surface area contributed by atoms with E-state index in [2.05, 4.69) is 64.6 Å². The van der Waals surface area contributed by atoms with Crippen molar-refractivity contribution in [3.63, 3.8) is 0 Å². The molecule has 0 spiro atoms. The number of nitrogens with zero attached hydrogens (tertiary/aromatic N) is 2. The summed E-state index contributed by atoms with van der Waals surface area (Å²) < 4.78 is 0. The van der Waals surface area contributed by atoms with Crippen molar-refractivity contribution in [3.8, 4) is 0 Å². The normalized spacial score (nSPS) is 23.7. The Morgan fingerprint density at radius 2 is 1.90 bits per heavy atom. The third-order valence-corrected chi connectivity index (χ3v) is 4.27. The van der Waals surface area contributed by atoms with Crippen molar-refractivity contribution in [1.29, 1.82) is 0 Å². The summed E-state index contributed by atoms with van der Waals surface area (Å²) in [5, 5.41) is 3.74. The Kier molecular flexibility index (Phi) is 4.32. The molecule has 3 heteroatoms. The van der Waals surface area contributed by atoms with Crippen molar-refractivity contribution < 1.29 is 0 Å². The minimum atomic E-state index is 0.0186. The van der Waals surface area contributed by atoms with Gasteiger partial charge in [-0.1, -0.05) is 30.3 Å². The molecule has 0 bridgehead atoms. The molecule has 1 unspecified atom stereocenters. The van der Waals surface area contributed by atoms with Crippen LogP contribution in [0.1, 0.15) is 24.5 Å². The van der Waals surface area contributed by atoms with Crippen LogP contribution in [0.5, 0.6) is 0 Å². The summed E-state index contributed by atoms with van der Waals surface area (Å²) in [6, 6.07) is 15.0. The Labute approximate surface area is 127 Å². The predicted octanol–water partition coefficient (Wildman–Crippen LogP) is 2.79. The smallest absolute Gasteiger partial charge is 0.0535 e. The highest BCUT2D eigenvalue weighted by Crippen LogP contribution is 2.24. The summed E-state index contributed by atoms with van der Waals surface area (Å²) in [5.41, 5.74) is 2.72. The fourth-order valence-corrected chi connectivity index (χ4v) is 3.13. The number of hydrogen-bond donors (Lipinski definition) is 1. The largest absolute Gasteiger partial charge is 0.307 e. The third kappa shape index (κ3) is 3.49. The summed E-state index contributed by atoms with van der Waals surface area (Å²) >= 11 is 0. The summed E-state index contributed by atoms with van der Waals surface area (Å²) in [7, 11) is 0. The van der Waals surface area contributed by atoms with Gasteiger partial charge in [0.15, 0.2) is 0 Å². The molecule has 0 aliphatic carbocycles. The van der Waals surface area contributed by atoms with E-state index in [9.17, 15) is 0 Å². The lowest BCUT2D eigenvalue weighted by Crippen LogP contribution is -2.46. The van der Waals surface area contributed by atoms with Crippen molar-refractivity contribution in [2.45, 2.75) is 25.4 Å². The van der Waals surface area contributed by atoms with Crippen molar-refractivity contribution in [1.82, 2.24) is 15.2 Å². The molecule has 1 aromatic heterocycles. The van der Waals surface area contributed by atoms with Gasteiger partial charge in [-0.2, -0.15) is 0 Å². The van der Waals surface area contributed by atoms with Gasteiger partial charge in [-0.15, -0.1) is 0 Å². The van der Waals surface area contributed by atoms with Crippen LogP contribution in [0.25, 0.3) is 0 Å². The minimum Gasteiger partial charge on any atom is -0.307 e. The molecule has 1 N–H and O–H groups in total. The van der Waals surface area contributed by atoms with Gasteiger partial charge >= 0.3 is 0 Å². The highest BCUT2D eigenvalue weighted by atomic mass is 15.2. The molecule has 1 aromatic carbocycles. The van der Waals surface area contributed by atoms with E-state index in [1.54, 1.807) is 0 Å². The van der Waals surface area contributed by atoms with Crippen LogP contribution >= 0.6 is 0 Å². The van der Waals surface area contributed by atoms with E-state index in [1.807, 2.05) is 12.4 Å². The maximum absolute atomic E-state index is 4.10. The van der Waals surface area contributed by atoms with E-state index in [0.717, 1.165) is 26.2 Å². The van der Waals surface area contributed by atoms with E-state index in [-0.39, 0.29) is 5.54 Å². The second-order valence-electron chi connectivity index (χ2n) is 6.04. The fraction of sp³-hybridized carbons (Fsp3) is 0.389. The van der Waals surface area contributed by atoms with Gasteiger partial charge in [0.2, 0.25) is 0 Å². The first-order chi connectivity index (χ1) is 10.3. The molecule has 0 saturated carbocycles. The molecule has 3 rings (SSSR count). The lowest BCUT2D eigenvalue weighted by Gasteiger charge is -2.34. The monoisotopic (exact) mass is 281 g/mol. The van der Waals surface area contributed by atoms with Crippen LogP contribution in [0.3, 0.4) is 0 Å². The van der Waals surface area contributed by atoms with Gasteiger partial charge in [0.1, 0.15) is 0 Å². The number of hydrogen-bond acceptors (Lipinski definition) is 3. The summed E-state index contributed by atoms with van der Waals surface area (Å²) in [6.45, 7) is 6.54. The van der Waals surface area contributed by atoms with Crippen molar-refractivity contribution in [2.24, 2.45) is 0 Å². The van der Waals surface area contributed by atoms with Gasteiger partial charge in [0.05, 0.1) is 5.54 Å². The number of aromatic nitrogens is 1. The lowest BCUT2D eigenvalue weighted by molar-refractivity contribution is 0.213. The standard InChI is InChI=1S/C18H23N3/c1-18(17-6-3-2-4-7-17)15-21(13-5-10-20-18)14-16-8-11-19-12-9-16/h2-4,6-9,11-12,20H,5,10,13-15H2,1H3. The molecular weight excluding hydrogens is 258 g/mol. The van der Waals surface area contributed by atoms with Crippen LogP contribution in [-0.4, -0.2) is 29.5 Å². The average molecular weight is 281 g/mol. The zero-order valence-corrected chi connectivity index (χ0v) is 12.6. The maximum atomic E-state index is 4.10. The number of pyridine rings is 1. The van der Waals surface area contributed by atoms with Gasteiger partial charge < -0.3 is 5.32 Å². The Morgan fingerprint density at radius 1 is 1.14 bits per heavy atom.